The molecule has 2 saturated heterocycles. The number of carbonyl (C=O) groups excluding carboxylic acids is 3. The maximum Gasteiger partial charge on any atom is 0.410 e. The van der Waals surface area contributed by atoms with Gasteiger partial charge in [-0.3, -0.25) is 14.9 Å². The van der Waals surface area contributed by atoms with Crippen LogP contribution in [0.3, 0.4) is 0 Å². The van der Waals surface area contributed by atoms with E-state index in [0.29, 0.717) is 43.6 Å². The number of piperidine rings is 2. The van der Waals surface area contributed by atoms with Gasteiger partial charge >= 0.3 is 6.09 Å². The number of benzene rings is 1. The summed E-state index contributed by atoms with van der Waals surface area (Å²) in [5, 5.41) is 5.20. The summed E-state index contributed by atoms with van der Waals surface area (Å²) in [5.41, 5.74) is 0.322. The van der Waals surface area contributed by atoms with Crippen LogP contribution in [0.2, 0.25) is 0 Å². The summed E-state index contributed by atoms with van der Waals surface area (Å²) >= 11 is 0. The molecule has 1 aromatic carbocycles. The van der Waals surface area contributed by atoms with Gasteiger partial charge < -0.3 is 15.0 Å². The van der Waals surface area contributed by atoms with Gasteiger partial charge in [-0.25, -0.2) is 13.6 Å². The van der Waals surface area contributed by atoms with Gasteiger partial charge in [0.05, 0.1) is 0 Å². The zero-order valence-electron chi connectivity index (χ0n) is 18.0. The van der Waals surface area contributed by atoms with E-state index < -0.39 is 24.0 Å². The summed E-state index contributed by atoms with van der Waals surface area (Å²) in [6.45, 7) is 6.29. The molecule has 0 aromatic heterocycles. The number of nitrogens with one attached hydrogen (secondary N) is 2. The average Bonchev–Trinajstić information content (AvgIpc) is 2.69. The number of nitrogens with zero attached hydrogens (tertiary/aromatic N) is 1. The summed E-state index contributed by atoms with van der Waals surface area (Å²) in [6, 6.07) is 4.10. The largest absolute Gasteiger partial charge is 0.444 e. The van der Waals surface area contributed by atoms with Crippen molar-refractivity contribution in [3.05, 3.63) is 29.3 Å². The van der Waals surface area contributed by atoms with Crippen LogP contribution >= 0.6 is 0 Å². The number of rotatable bonds is 4. The van der Waals surface area contributed by atoms with E-state index in [2.05, 4.69) is 10.6 Å². The first-order valence-electron chi connectivity index (χ1n) is 10.5. The fourth-order valence-electron chi connectivity index (χ4n) is 3.96. The molecule has 2 N–H and O–H groups in total. The molecule has 0 bridgehead atoms. The second kappa shape index (κ2) is 9.20. The normalized spacial score (nSPS) is 20.6. The smallest absolute Gasteiger partial charge is 0.410 e. The summed E-state index contributed by atoms with van der Waals surface area (Å²) in [5.74, 6) is -0.870. The van der Waals surface area contributed by atoms with Gasteiger partial charge in [0.1, 0.15) is 11.6 Å². The van der Waals surface area contributed by atoms with Crippen molar-refractivity contribution in [3.8, 4) is 0 Å². The molecule has 1 unspecified atom stereocenters. The highest BCUT2D eigenvalue weighted by Crippen LogP contribution is 2.36. The van der Waals surface area contributed by atoms with Gasteiger partial charge in [0.25, 0.3) is 6.43 Å². The van der Waals surface area contributed by atoms with E-state index in [1.54, 1.807) is 37.8 Å². The number of ether oxygens (including phenoxy) is 1. The quantitative estimate of drug-likeness (QED) is 0.697. The number of carbonyl (C=O) groups is 3. The summed E-state index contributed by atoms with van der Waals surface area (Å²) < 4.78 is 33.0. The molecule has 1 aromatic rings. The maximum absolute atomic E-state index is 13.8. The Balaban J connectivity index is 1.67. The number of likely N-dealkylation sites (tertiary alicyclic amines) is 1. The van der Waals surface area contributed by atoms with E-state index in [1.165, 1.54) is 6.07 Å². The van der Waals surface area contributed by atoms with Gasteiger partial charge in [0.15, 0.2) is 0 Å². The summed E-state index contributed by atoms with van der Waals surface area (Å²) in [7, 11) is 0. The van der Waals surface area contributed by atoms with Crippen LogP contribution in [0.5, 0.6) is 0 Å². The van der Waals surface area contributed by atoms with Crippen LogP contribution in [0.15, 0.2) is 18.2 Å². The molecular formula is C22H29F2N3O4. The molecule has 3 rings (SSSR count). The Morgan fingerprint density at radius 3 is 2.45 bits per heavy atom. The zero-order valence-corrected chi connectivity index (χ0v) is 18.0. The molecule has 0 spiro atoms. The van der Waals surface area contributed by atoms with Gasteiger partial charge in [-0.05, 0) is 63.6 Å². The van der Waals surface area contributed by atoms with E-state index in [-0.39, 0.29) is 29.9 Å². The predicted octanol–water partition coefficient (Wildman–Crippen LogP) is 3.96. The number of alkyl halides is 2. The minimum atomic E-state index is -2.66. The van der Waals surface area contributed by atoms with Crippen molar-refractivity contribution in [2.75, 3.05) is 18.4 Å². The third kappa shape index (κ3) is 5.92. The minimum Gasteiger partial charge on any atom is -0.444 e. The Kier molecular flexibility index (Phi) is 6.81. The number of hydrogen-bond donors (Lipinski definition) is 2. The molecule has 2 fully saturated rings. The van der Waals surface area contributed by atoms with Crippen molar-refractivity contribution >= 4 is 23.6 Å². The monoisotopic (exact) mass is 437 g/mol. The van der Waals surface area contributed by atoms with Crippen molar-refractivity contribution in [2.45, 2.75) is 70.4 Å². The molecule has 0 saturated carbocycles. The van der Waals surface area contributed by atoms with Crippen LogP contribution in [-0.2, 0) is 14.3 Å². The lowest BCUT2D eigenvalue weighted by Crippen LogP contribution is -2.47. The predicted molar refractivity (Wildman–Crippen MR) is 111 cm³/mol. The van der Waals surface area contributed by atoms with Crippen LogP contribution in [0, 0.1) is 0 Å². The molecule has 0 radical (unpaired) electrons. The molecule has 1 atom stereocenters. The van der Waals surface area contributed by atoms with Crippen molar-refractivity contribution in [2.24, 2.45) is 0 Å². The Bertz CT molecular complexity index is 846. The van der Waals surface area contributed by atoms with Crippen LogP contribution in [0.25, 0.3) is 0 Å². The molecule has 2 heterocycles. The second-order valence-electron chi connectivity index (χ2n) is 9.03. The van der Waals surface area contributed by atoms with Crippen LogP contribution in [0.1, 0.15) is 69.9 Å². The van der Waals surface area contributed by atoms with Crippen molar-refractivity contribution in [1.82, 2.24) is 10.2 Å². The van der Waals surface area contributed by atoms with Gasteiger partial charge in [-0.2, -0.15) is 0 Å². The summed E-state index contributed by atoms with van der Waals surface area (Å²) in [6.07, 6.45) is -1.39. The number of amides is 3. The van der Waals surface area contributed by atoms with Crippen LogP contribution in [-0.4, -0.2) is 47.5 Å². The molecule has 170 valence electrons. The lowest BCUT2D eigenvalue weighted by atomic mass is 9.86. The molecule has 2 aliphatic rings. The SMILES string of the molecule is CC(C)(C)OC(=O)N1CCC(c2ccc(NC3CCC(=O)NC3=O)cc2C(F)F)CC1. The van der Waals surface area contributed by atoms with E-state index in [1.807, 2.05) is 0 Å². The van der Waals surface area contributed by atoms with Crippen molar-refractivity contribution < 1.29 is 27.9 Å². The van der Waals surface area contributed by atoms with Crippen molar-refractivity contribution in [1.29, 1.82) is 0 Å². The molecular weight excluding hydrogens is 408 g/mol. The minimum absolute atomic E-state index is 0.0759. The number of anilines is 1. The fourth-order valence-corrected chi connectivity index (χ4v) is 3.96. The van der Waals surface area contributed by atoms with Crippen molar-refractivity contribution in [3.63, 3.8) is 0 Å². The molecule has 31 heavy (non-hydrogen) atoms. The Labute approximate surface area is 180 Å². The third-order valence-electron chi connectivity index (χ3n) is 5.49. The third-order valence-corrected chi connectivity index (χ3v) is 5.49. The first kappa shape index (κ1) is 23.0. The number of hydrogen-bond acceptors (Lipinski definition) is 5. The van der Waals surface area contributed by atoms with E-state index in [0.717, 1.165) is 0 Å². The lowest BCUT2D eigenvalue weighted by molar-refractivity contribution is -0.133. The zero-order chi connectivity index (χ0) is 22.8. The lowest BCUT2D eigenvalue weighted by Gasteiger charge is -2.34. The summed E-state index contributed by atoms with van der Waals surface area (Å²) in [4.78, 5) is 37.1. The number of halogens is 2. The Morgan fingerprint density at radius 2 is 1.87 bits per heavy atom. The standard InChI is InChI=1S/C22H29F2N3O4/c1-22(2,3)31-21(30)27-10-8-13(9-11-27)15-5-4-14(12-16(15)19(23)24)25-17-6-7-18(28)26-20(17)29/h4-5,12-13,17,19,25H,6-11H2,1-3H3,(H,26,28,29). The van der Waals surface area contributed by atoms with Gasteiger partial charge in [0.2, 0.25) is 11.8 Å². The topological polar surface area (TPSA) is 87.7 Å². The van der Waals surface area contributed by atoms with E-state index >= 15 is 0 Å². The highest BCUT2D eigenvalue weighted by molar-refractivity contribution is 6.01. The Morgan fingerprint density at radius 1 is 1.19 bits per heavy atom. The van der Waals surface area contributed by atoms with E-state index in [9.17, 15) is 23.2 Å². The first-order valence-corrected chi connectivity index (χ1v) is 10.5. The molecule has 3 amide bonds. The average molecular weight is 437 g/mol. The maximum atomic E-state index is 13.8. The van der Waals surface area contributed by atoms with Crippen LogP contribution in [0.4, 0.5) is 19.3 Å². The first-order chi connectivity index (χ1) is 14.5. The Hall–Kier alpha value is -2.71. The van der Waals surface area contributed by atoms with Gasteiger partial charge in [0, 0.05) is 30.8 Å². The molecule has 9 heteroatoms. The molecule has 0 aliphatic carbocycles. The fraction of sp³-hybridized carbons (Fsp3) is 0.591. The highest BCUT2D eigenvalue weighted by Gasteiger charge is 2.30. The van der Waals surface area contributed by atoms with Gasteiger partial charge in [-0.1, -0.05) is 6.07 Å². The number of imide groups is 1. The van der Waals surface area contributed by atoms with Crippen LogP contribution < -0.4 is 10.6 Å². The second-order valence-corrected chi connectivity index (χ2v) is 9.03. The molecule has 7 nitrogen and oxygen atoms in total. The van der Waals surface area contributed by atoms with E-state index in [4.69, 9.17) is 4.74 Å². The molecule has 2 aliphatic heterocycles. The highest BCUT2D eigenvalue weighted by atomic mass is 19.3. The van der Waals surface area contributed by atoms with Gasteiger partial charge in [-0.15, -0.1) is 0 Å².